The highest BCUT2D eigenvalue weighted by molar-refractivity contribution is 9.10. The van der Waals surface area contributed by atoms with E-state index in [4.69, 9.17) is 0 Å². The Morgan fingerprint density at radius 2 is 1.85 bits per heavy atom. The van der Waals surface area contributed by atoms with E-state index in [1.165, 1.54) is 0 Å². The number of sulfonamides is 1. The van der Waals surface area contributed by atoms with Gasteiger partial charge in [-0.3, -0.25) is 0 Å². The number of hydrogen-bond acceptors (Lipinski definition) is 3. The Labute approximate surface area is 134 Å². The molecular weight excluding hydrogens is 364 g/mol. The Morgan fingerprint density at radius 3 is 2.40 bits per heavy atom. The number of nitrogens with one attached hydrogen (secondary N) is 1. The molecule has 2 fully saturated rings. The summed E-state index contributed by atoms with van der Waals surface area (Å²) in [6, 6.07) is 5.34. The summed E-state index contributed by atoms with van der Waals surface area (Å²) in [5.74, 6) is 0.955. The predicted molar refractivity (Wildman–Crippen MR) is 84.7 cm³/mol. The van der Waals surface area contributed by atoms with Crippen molar-refractivity contribution < 1.29 is 8.42 Å². The largest absolute Gasteiger partial charge is 0.316 e. The average Bonchev–Trinajstić information content (AvgIpc) is 2.87. The van der Waals surface area contributed by atoms with Gasteiger partial charge in [-0.1, -0.05) is 15.9 Å². The number of rotatable bonds is 2. The smallest absolute Gasteiger partial charge is 0.243 e. The minimum atomic E-state index is -3.34. The van der Waals surface area contributed by atoms with Crippen LogP contribution in [0, 0.1) is 18.8 Å². The monoisotopic (exact) mass is 380 g/mol. The molecule has 2 atom stereocenters. The first kappa shape index (κ1) is 16.2. The molecule has 2 aliphatic heterocycles. The lowest BCUT2D eigenvalue weighted by atomic mass is 10.0. The molecule has 2 heterocycles. The van der Waals surface area contributed by atoms with E-state index in [0.717, 1.165) is 23.1 Å². The highest BCUT2D eigenvalue weighted by atomic mass is 79.9. The molecule has 0 aromatic heterocycles. The first-order valence-corrected chi connectivity index (χ1v) is 8.69. The normalized spacial score (nSPS) is 26.3. The van der Waals surface area contributed by atoms with E-state index < -0.39 is 10.0 Å². The fourth-order valence-electron chi connectivity index (χ4n) is 3.05. The number of aryl methyl sites for hydroxylation is 1. The molecule has 4 nitrogen and oxygen atoms in total. The van der Waals surface area contributed by atoms with Crippen molar-refractivity contribution >= 4 is 38.4 Å². The van der Waals surface area contributed by atoms with E-state index in [0.29, 0.717) is 29.8 Å². The maximum absolute atomic E-state index is 12.7. The number of fused-ring (bicyclic) bond motifs is 1. The fraction of sp³-hybridized carbons (Fsp3) is 0.538. The third kappa shape index (κ3) is 2.76. The Balaban J connectivity index is 0.00000147. The molecule has 0 amide bonds. The van der Waals surface area contributed by atoms with E-state index in [1.807, 2.05) is 13.0 Å². The van der Waals surface area contributed by atoms with Crippen LogP contribution in [-0.2, 0) is 10.0 Å². The van der Waals surface area contributed by atoms with Crippen molar-refractivity contribution in [2.75, 3.05) is 26.2 Å². The molecular formula is C13H18BrClN2O2S. The van der Waals surface area contributed by atoms with Gasteiger partial charge in [0.15, 0.2) is 0 Å². The highest BCUT2D eigenvalue weighted by Gasteiger charge is 2.41. The molecule has 0 radical (unpaired) electrons. The lowest BCUT2D eigenvalue weighted by Crippen LogP contribution is -2.32. The van der Waals surface area contributed by atoms with Gasteiger partial charge in [0.05, 0.1) is 4.90 Å². The molecule has 0 spiro atoms. The number of halogens is 2. The molecule has 0 saturated carbocycles. The zero-order valence-corrected chi connectivity index (χ0v) is 14.4. The molecule has 0 unspecified atom stereocenters. The van der Waals surface area contributed by atoms with Gasteiger partial charge in [-0.25, -0.2) is 8.42 Å². The molecule has 1 aromatic rings. The second-order valence-electron chi connectivity index (χ2n) is 5.41. The third-order valence-electron chi connectivity index (χ3n) is 4.11. The van der Waals surface area contributed by atoms with Crippen LogP contribution in [0.3, 0.4) is 0 Å². The van der Waals surface area contributed by atoms with Crippen LogP contribution in [0.25, 0.3) is 0 Å². The predicted octanol–water partition coefficient (Wildman–Crippen LogP) is 2.02. The summed E-state index contributed by atoms with van der Waals surface area (Å²) in [5.41, 5.74) is 0.796. The van der Waals surface area contributed by atoms with Crippen LogP contribution in [0.5, 0.6) is 0 Å². The summed E-state index contributed by atoms with van der Waals surface area (Å²) in [5, 5.41) is 3.33. The second-order valence-corrected chi connectivity index (χ2v) is 8.23. The first-order valence-electron chi connectivity index (χ1n) is 6.45. The molecule has 7 heteroatoms. The second kappa shape index (κ2) is 5.93. The summed E-state index contributed by atoms with van der Waals surface area (Å²) in [6.07, 6.45) is 0. The highest BCUT2D eigenvalue weighted by Crippen LogP contribution is 2.32. The summed E-state index contributed by atoms with van der Waals surface area (Å²) in [6.45, 7) is 5.02. The van der Waals surface area contributed by atoms with Gasteiger partial charge in [0.1, 0.15) is 0 Å². The van der Waals surface area contributed by atoms with Crippen LogP contribution < -0.4 is 5.32 Å². The van der Waals surface area contributed by atoms with Crippen molar-refractivity contribution in [3.63, 3.8) is 0 Å². The quantitative estimate of drug-likeness (QED) is 0.852. The van der Waals surface area contributed by atoms with E-state index in [1.54, 1.807) is 16.4 Å². The Hall–Kier alpha value is -0.140. The van der Waals surface area contributed by atoms with E-state index >= 15 is 0 Å². The standard InChI is InChI=1S/C13H17BrN2O2S.ClH/c1-9-4-12(14)2-3-13(9)19(17,18)16-7-10-5-15-6-11(10)8-16;/h2-4,10-11,15H,5-8H2,1H3;1H/t10-,11+;. The minimum absolute atomic E-state index is 0. The zero-order chi connectivity index (χ0) is 13.6. The molecule has 2 saturated heterocycles. The fourth-order valence-corrected chi connectivity index (χ4v) is 5.28. The molecule has 20 heavy (non-hydrogen) atoms. The molecule has 2 aliphatic rings. The van der Waals surface area contributed by atoms with Gasteiger partial charge >= 0.3 is 0 Å². The van der Waals surface area contributed by atoms with Gasteiger partial charge in [0, 0.05) is 17.6 Å². The maximum atomic E-state index is 12.7. The lowest BCUT2D eigenvalue weighted by Gasteiger charge is -2.19. The van der Waals surface area contributed by atoms with Gasteiger partial charge < -0.3 is 5.32 Å². The maximum Gasteiger partial charge on any atom is 0.243 e. The van der Waals surface area contributed by atoms with Crippen LogP contribution >= 0.6 is 28.3 Å². The molecule has 0 bridgehead atoms. The Bertz CT molecular complexity index is 596. The number of hydrogen-bond donors (Lipinski definition) is 1. The number of benzene rings is 1. The summed E-state index contributed by atoms with van der Waals surface area (Å²) < 4.78 is 27.9. The zero-order valence-electron chi connectivity index (χ0n) is 11.2. The average molecular weight is 382 g/mol. The summed E-state index contributed by atoms with van der Waals surface area (Å²) in [7, 11) is -3.34. The van der Waals surface area contributed by atoms with Crippen molar-refractivity contribution in [3.05, 3.63) is 28.2 Å². The third-order valence-corrected chi connectivity index (χ3v) is 6.60. The van der Waals surface area contributed by atoms with Crippen LogP contribution in [0.15, 0.2) is 27.6 Å². The molecule has 1 aromatic carbocycles. The molecule has 112 valence electrons. The van der Waals surface area contributed by atoms with E-state index in [9.17, 15) is 8.42 Å². The summed E-state index contributed by atoms with van der Waals surface area (Å²) in [4.78, 5) is 0.434. The molecule has 1 N–H and O–H groups in total. The Morgan fingerprint density at radius 1 is 1.25 bits per heavy atom. The van der Waals surface area contributed by atoms with Crippen molar-refractivity contribution in [1.29, 1.82) is 0 Å². The van der Waals surface area contributed by atoms with Gasteiger partial charge in [0.25, 0.3) is 0 Å². The van der Waals surface area contributed by atoms with Crippen LogP contribution in [0.1, 0.15) is 5.56 Å². The van der Waals surface area contributed by atoms with E-state index in [-0.39, 0.29) is 12.4 Å². The Kier molecular flexibility index (Phi) is 4.81. The van der Waals surface area contributed by atoms with E-state index in [2.05, 4.69) is 21.2 Å². The summed E-state index contributed by atoms with van der Waals surface area (Å²) >= 11 is 3.37. The van der Waals surface area contributed by atoms with Gasteiger partial charge in [-0.05, 0) is 55.6 Å². The van der Waals surface area contributed by atoms with Crippen molar-refractivity contribution in [2.45, 2.75) is 11.8 Å². The topological polar surface area (TPSA) is 49.4 Å². The van der Waals surface area contributed by atoms with Crippen molar-refractivity contribution in [3.8, 4) is 0 Å². The number of nitrogens with zero attached hydrogens (tertiary/aromatic N) is 1. The SMILES string of the molecule is Cc1cc(Br)ccc1S(=O)(=O)N1C[C@H]2CNC[C@H]2C1.Cl. The van der Waals surface area contributed by atoms with Gasteiger partial charge in [-0.15, -0.1) is 12.4 Å². The lowest BCUT2D eigenvalue weighted by molar-refractivity contribution is 0.447. The van der Waals surface area contributed by atoms with Gasteiger partial charge in [0.2, 0.25) is 10.0 Å². The van der Waals surface area contributed by atoms with Crippen LogP contribution in [-0.4, -0.2) is 38.9 Å². The van der Waals surface area contributed by atoms with Gasteiger partial charge in [-0.2, -0.15) is 4.31 Å². The molecule has 0 aliphatic carbocycles. The van der Waals surface area contributed by atoms with Crippen LogP contribution in [0.2, 0.25) is 0 Å². The van der Waals surface area contributed by atoms with Crippen LogP contribution in [0.4, 0.5) is 0 Å². The van der Waals surface area contributed by atoms with Crippen molar-refractivity contribution in [1.82, 2.24) is 9.62 Å². The first-order chi connectivity index (χ1) is 8.98. The minimum Gasteiger partial charge on any atom is -0.316 e. The molecule has 3 rings (SSSR count). The van der Waals surface area contributed by atoms with Crippen molar-refractivity contribution in [2.24, 2.45) is 11.8 Å².